The summed E-state index contributed by atoms with van der Waals surface area (Å²) in [6.07, 6.45) is 15.4. The molecule has 7 heteroatoms. The van der Waals surface area contributed by atoms with Crippen molar-refractivity contribution >= 4 is 17.7 Å². The van der Waals surface area contributed by atoms with Gasteiger partial charge in [0.1, 0.15) is 11.6 Å². The van der Waals surface area contributed by atoms with Crippen molar-refractivity contribution in [2.75, 3.05) is 0 Å². The van der Waals surface area contributed by atoms with E-state index in [0.29, 0.717) is 0 Å². The van der Waals surface area contributed by atoms with Crippen LogP contribution in [0.1, 0.15) is 77.6 Å². The van der Waals surface area contributed by atoms with Crippen molar-refractivity contribution in [1.82, 2.24) is 15.5 Å². The summed E-state index contributed by atoms with van der Waals surface area (Å²) in [5.41, 5.74) is -1.88. The molecule has 2 N–H and O–H groups in total. The summed E-state index contributed by atoms with van der Waals surface area (Å²) in [5, 5.41) is 6.46. The molecule has 3 aliphatic carbocycles. The van der Waals surface area contributed by atoms with Crippen LogP contribution in [0.15, 0.2) is 12.2 Å². The maximum Gasteiger partial charge on any atom is 0.246 e. The van der Waals surface area contributed by atoms with Crippen LogP contribution < -0.4 is 10.6 Å². The van der Waals surface area contributed by atoms with Gasteiger partial charge in [0, 0.05) is 18.1 Å². The van der Waals surface area contributed by atoms with Crippen molar-refractivity contribution < 1.29 is 19.1 Å². The van der Waals surface area contributed by atoms with Crippen LogP contribution >= 0.6 is 0 Å². The van der Waals surface area contributed by atoms with Gasteiger partial charge in [0.25, 0.3) is 0 Å². The average molecular weight is 442 g/mol. The van der Waals surface area contributed by atoms with Crippen LogP contribution in [-0.2, 0) is 19.1 Å². The summed E-state index contributed by atoms with van der Waals surface area (Å²) >= 11 is 0. The van der Waals surface area contributed by atoms with Crippen LogP contribution in [0.5, 0.6) is 0 Å². The summed E-state index contributed by atoms with van der Waals surface area (Å²) in [4.78, 5) is 42.7. The number of rotatable bonds is 5. The molecule has 3 heterocycles. The molecule has 0 unspecified atom stereocenters. The normalized spacial score (nSPS) is 41.3. The summed E-state index contributed by atoms with van der Waals surface area (Å²) in [6.45, 7) is 1.91. The van der Waals surface area contributed by atoms with E-state index >= 15 is 0 Å². The maximum atomic E-state index is 13.8. The van der Waals surface area contributed by atoms with E-state index in [0.717, 1.165) is 64.2 Å². The van der Waals surface area contributed by atoms with Crippen molar-refractivity contribution in [3.05, 3.63) is 12.2 Å². The molecule has 3 amide bonds. The standard InChI is InChI=1S/C25H35N3O4/c1-24-13-14-25(32-24)19(18(24)21(29)26-15-7-3-2-4-8-15)23(31)28(17-11-12-17)20(25)22(30)27-16-9-5-6-10-16/h13-20H,2-12H2,1H3,(H,26,29)(H,27,30)/t18-,19+,20-,24-,25-/m1/s1. The number of likely N-dealkylation sites (tertiary alicyclic amines) is 1. The van der Waals surface area contributed by atoms with Gasteiger partial charge in [0.15, 0.2) is 0 Å². The fourth-order valence-corrected chi connectivity index (χ4v) is 7.20. The highest BCUT2D eigenvalue weighted by Crippen LogP contribution is 2.61. The van der Waals surface area contributed by atoms with Crippen LogP contribution in [0.25, 0.3) is 0 Å². The number of hydrogen-bond acceptors (Lipinski definition) is 4. The van der Waals surface area contributed by atoms with Crippen LogP contribution in [0.4, 0.5) is 0 Å². The molecule has 2 bridgehead atoms. The van der Waals surface area contributed by atoms with Gasteiger partial charge in [-0.15, -0.1) is 0 Å². The highest BCUT2D eigenvalue weighted by atomic mass is 16.5. The number of nitrogens with zero attached hydrogens (tertiary/aromatic N) is 1. The van der Waals surface area contributed by atoms with E-state index in [-0.39, 0.29) is 35.8 Å². The lowest BCUT2D eigenvalue weighted by Crippen LogP contribution is -2.56. The molecule has 2 saturated heterocycles. The molecule has 3 aliphatic heterocycles. The molecule has 3 saturated carbocycles. The van der Waals surface area contributed by atoms with Gasteiger partial charge in [-0.2, -0.15) is 0 Å². The van der Waals surface area contributed by atoms with Gasteiger partial charge < -0.3 is 20.3 Å². The lowest BCUT2D eigenvalue weighted by atomic mass is 9.70. The van der Waals surface area contributed by atoms with Crippen LogP contribution in [-0.4, -0.2) is 58.0 Å². The maximum absolute atomic E-state index is 13.8. The number of carbonyl (C=O) groups is 3. The zero-order chi connectivity index (χ0) is 22.1. The molecule has 174 valence electrons. The third kappa shape index (κ3) is 2.99. The van der Waals surface area contributed by atoms with Gasteiger partial charge in [0.2, 0.25) is 17.7 Å². The van der Waals surface area contributed by atoms with Crippen LogP contribution in [0.2, 0.25) is 0 Å². The quantitative estimate of drug-likeness (QED) is 0.641. The molecule has 5 atom stereocenters. The van der Waals surface area contributed by atoms with Crippen LogP contribution in [0, 0.1) is 11.8 Å². The molecular weight excluding hydrogens is 406 g/mol. The molecule has 6 rings (SSSR count). The fraction of sp³-hybridized carbons (Fsp3) is 0.800. The molecule has 1 spiro atoms. The van der Waals surface area contributed by atoms with Crippen molar-refractivity contribution in [2.24, 2.45) is 11.8 Å². The average Bonchev–Trinajstić information content (AvgIpc) is 3.13. The molecule has 32 heavy (non-hydrogen) atoms. The summed E-state index contributed by atoms with van der Waals surface area (Å²) < 4.78 is 6.58. The van der Waals surface area contributed by atoms with E-state index in [1.807, 2.05) is 19.1 Å². The second kappa shape index (κ2) is 7.31. The number of ether oxygens (including phenoxy) is 1. The molecule has 0 radical (unpaired) electrons. The van der Waals surface area contributed by atoms with Gasteiger partial charge in [-0.05, 0) is 45.4 Å². The van der Waals surface area contributed by atoms with Gasteiger partial charge in [-0.1, -0.05) is 44.3 Å². The number of fused-ring (bicyclic) bond motifs is 1. The van der Waals surface area contributed by atoms with E-state index in [1.165, 1.54) is 6.42 Å². The first-order chi connectivity index (χ1) is 15.4. The Morgan fingerprint density at radius 2 is 1.50 bits per heavy atom. The highest BCUT2D eigenvalue weighted by Gasteiger charge is 2.77. The number of carbonyl (C=O) groups excluding carboxylic acids is 3. The van der Waals surface area contributed by atoms with Crippen molar-refractivity contribution in [2.45, 2.75) is 113 Å². The molecule has 5 fully saturated rings. The Balaban J connectivity index is 1.31. The lowest BCUT2D eigenvalue weighted by molar-refractivity contribution is -0.146. The van der Waals surface area contributed by atoms with Crippen molar-refractivity contribution in [1.29, 1.82) is 0 Å². The summed E-state index contributed by atoms with van der Waals surface area (Å²) in [7, 11) is 0. The lowest BCUT2D eigenvalue weighted by Gasteiger charge is -2.34. The zero-order valence-electron chi connectivity index (χ0n) is 19.0. The molecule has 7 nitrogen and oxygen atoms in total. The smallest absolute Gasteiger partial charge is 0.246 e. The van der Waals surface area contributed by atoms with Gasteiger partial charge >= 0.3 is 0 Å². The third-order valence-corrected chi connectivity index (χ3v) is 8.86. The van der Waals surface area contributed by atoms with E-state index in [1.54, 1.807) is 4.90 Å². The van der Waals surface area contributed by atoms with E-state index in [4.69, 9.17) is 4.74 Å². The number of hydrogen-bond donors (Lipinski definition) is 2. The largest absolute Gasteiger partial charge is 0.356 e. The minimum atomic E-state index is -1.04. The second-order valence-corrected chi connectivity index (χ2v) is 11.1. The Morgan fingerprint density at radius 3 is 2.12 bits per heavy atom. The Morgan fingerprint density at radius 1 is 0.906 bits per heavy atom. The molecule has 0 aromatic heterocycles. The first kappa shape index (κ1) is 20.7. The minimum Gasteiger partial charge on any atom is -0.356 e. The van der Waals surface area contributed by atoms with E-state index in [2.05, 4.69) is 10.6 Å². The Hall–Kier alpha value is -1.89. The van der Waals surface area contributed by atoms with Gasteiger partial charge in [-0.3, -0.25) is 14.4 Å². The SMILES string of the molecule is C[C@]12C=C[C@@]3(O1)[C@H](C(=O)N(C1CC1)[C@@H]3C(=O)NC1CCCC1)[C@@H]2C(=O)NC1CCCCC1. The molecule has 6 aliphatic rings. The Labute approximate surface area is 189 Å². The third-order valence-electron chi connectivity index (χ3n) is 8.86. The molecule has 0 aromatic rings. The predicted molar refractivity (Wildman–Crippen MR) is 117 cm³/mol. The van der Waals surface area contributed by atoms with Gasteiger partial charge in [0.05, 0.1) is 17.4 Å². The second-order valence-electron chi connectivity index (χ2n) is 11.1. The molecular formula is C25H35N3O4. The monoisotopic (exact) mass is 441 g/mol. The summed E-state index contributed by atoms with van der Waals surface area (Å²) in [6, 6.07) is -0.236. The van der Waals surface area contributed by atoms with Crippen molar-refractivity contribution in [3.8, 4) is 0 Å². The van der Waals surface area contributed by atoms with Gasteiger partial charge in [-0.25, -0.2) is 0 Å². The number of nitrogens with one attached hydrogen (secondary N) is 2. The fourth-order valence-electron chi connectivity index (χ4n) is 7.20. The minimum absolute atomic E-state index is 0.0732. The highest BCUT2D eigenvalue weighted by molar-refractivity contribution is 6.00. The molecule has 0 aromatic carbocycles. The first-order valence-electron chi connectivity index (χ1n) is 12.8. The van der Waals surface area contributed by atoms with Crippen molar-refractivity contribution in [3.63, 3.8) is 0 Å². The zero-order valence-corrected chi connectivity index (χ0v) is 19.0. The van der Waals surface area contributed by atoms with E-state index < -0.39 is 29.1 Å². The Bertz CT molecular complexity index is 857. The number of amides is 3. The van der Waals surface area contributed by atoms with E-state index in [9.17, 15) is 14.4 Å². The topological polar surface area (TPSA) is 87.7 Å². The Kier molecular flexibility index (Phi) is 4.73. The van der Waals surface area contributed by atoms with Crippen LogP contribution in [0.3, 0.4) is 0 Å². The first-order valence-corrected chi connectivity index (χ1v) is 12.8. The summed E-state index contributed by atoms with van der Waals surface area (Å²) in [5.74, 6) is -1.48. The predicted octanol–water partition coefficient (Wildman–Crippen LogP) is 2.20.